The first kappa shape index (κ1) is 22.3. The van der Waals surface area contributed by atoms with Gasteiger partial charge in [0.1, 0.15) is 0 Å². The minimum atomic E-state index is -0.240. The summed E-state index contributed by atoms with van der Waals surface area (Å²) in [5.74, 6) is -0.102. The molecule has 0 aliphatic carbocycles. The smallest absolute Gasteiger partial charge is 0.257 e. The summed E-state index contributed by atoms with van der Waals surface area (Å²) in [4.78, 5) is 25.2. The number of hydrogen-bond acceptors (Lipinski definition) is 3. The molecule has 1 aliphatic heterocycles. The van der Waals surface area contributed by atoms with Gasteiger partial charge in [-0.3, -0.25) is 9.59 Å². The molecule has 2 atom stereocenters. The normalized spacial score (nSPS) is 17.6. The van der Waals surface area contributed by atoms with Crippen LogP contribution in [0.25, 0.3) is 0 Å². The van der Waals surface area contributed by atoms with E-state index in [1.54, 1.807) is 24.3 Å². The summed E-state index contributed by atoms with van der Waals surface area (Å²) in [6.45, 7) is 6.49. The lowest BCUT2D eigenvalue weighted by molar-refractivity contribution is 0.0986. The number of rotatable bonds is 6. The molecule has 2 unspecified atom stereocenters. The topological polar surface area (TPSA) is 68.1 Å². The zero-order valence-electron chi connectivity index (χ0n) is 18.5. The lowest BCUT2D eigenvalue weighted by Gasteiger charge is -2.18. The van der Waals surface area contributed by atoms with Crippen molar-refractivity contribution in [1.29, 1.82) is 0 Å². The maximum atomic E-state index is 12.8. The van der Waals surface area contributed by atoms with Crippen molar-refractivity contribution in [3.8, 4) is 0 Å². The Morgan fingerprint density at radius 1 is 0.938 bits per heavy atom. The largest absolute Gasteiger partial charge is 0.322 e. The number of carbonyl (C=O) groups is 2. The van der Waals surface area contributed by atoms with Crippen LogP contribution >= 0.6 is 11.6 Å². The molecule has 1 amide bonds. The van der Waals surface area contributed by atoms with Crippen LogP contribution < -0.4 is 10.6 Å². The van der Waals surface area contributed by atoms with Crippen LogP contribution in [0.5, 0.6) is 0 Å². The Bertz CT molecular complexity index is 1130. The number of ketones is 1. The van der Waals surface area contributed by atoms with Gasteiger partial charge in [-0.05, 0) is 47.2 Å². The van der Waals surface area contributed by atoms with Gasteiger partial charge in [0.2, 0.25) is 0 Å². The number of anilines is 1. The second-order valence-electron chi connectivity index (χ2n) is 9.28. The zero-order chi connectivity index (χ0) is 22.9. The van der Waals surface area contributed by atoms with Crippen molar-refractivity contribution in [1.82, 2.24) is 5.32 Å². The molecule has 1 saturated heterocycles. The van der Waals surface area contributed by atoms with E-state index in [4.69, 9.17) is 11.6 Å². The summed E-state index contributed by atoms with van der Waals surface area (Å²) in [7, 11) is 0. The van der Waals surface area contributed by atoms with Gasteiger partial charge in [0, 0.05) is 17.3 Å². The van der Waals surface area contributed by atoms with Gasteiger partial charge in [0.15, 0.2) is 5.78 Å². The molecule has 1 aliphatic rings. The molecule has 32 heavy (non-hydrogen) atoms. The van der Waals surface area contributed by atoms with Crippen LogP contribution in [-0.4, -0.2) is 23.8 Å². The third kappa shape index (κ3) is 5.09. The van der Waals surface area contributed by atoms with E-state index in [-0.39, 0.29) is 29.2 Å². The van der Waals surface area contributed by atoms with E-state index in [1.165, 1.54) is 5.56 Å². The Kier molecular flexibility index (Phi) is 6.18. The number of hydrogen-bond donors (Lipinski definition) is 2. The fourth-order valence-electron chi connectivity index (χ4n) is 3.75. The van der Waals surface area contributed by atoms with Gasteiger partial charge < -0.3 is 10.6 Å². The molecule has 3 aromatic rings. The van der Waals surface area contributed by atoms with Crippen LogP contribution in [-0.2, 0) is 11.8 Å². The van der Waals surface area contributed by atoms with Crippen LogP contribution in [0.4, 0.5) is 5.69 Å². The second-order valence-corrected chi connectivity index (χ2v) is 9.68. The van der Waals surface area contributed by atoms with Gasteiger partial charge in [-0.25, -0.2) is 0 Å². The molecule has 0 spiro atoms. The highest BCUT2D eigenvalue weighted by molar-refractivity contribution is 6.34. The van der Waals surface area contributed by atoms with E-state index in [0.717, 1.165) is 17.5 Å². The summed E-state index contributed by atoms with van der Waals surface area (Å²) < 4.78 is 0. The summed E-state index contributed by atoms with van der Waals surface area (Å²) in [6, 6.07) is 22.6. The molecule has 164 valence electrons. The summed E-state index contributed by atoms with van der Waals surface area (Å²) in [6.07, 6.45) is 0.759. The highest BCUT2D eigenvalue weighted by atomic mass is 35.5. The predicted molar refractivity (Wildman–Crippen MR) is 130 cm³/mol. The van der Waals surface area contributed by atoms with Crippen molar-refractivity contribution in [2.75, 3.05) is 5.32 Å². The number of benzene rings is 3. The fraction of sp³-hybridized carbons (Fsp3) is 0.259. The van der Waals surface area contributed by atoms with Crippen LogP contribution in [0.2, 0.25) is 5.02 Å². The maximum absolute atomic E-state index is 12.8. The summed E-state index contributed by atoms with van der Waals surface area (Å²) >= 11 is 6.09. The second kappa shape index (κ2) is 8.89. The van der Waals surface area contributed by atoms with Crippen molar-refractivity contribution < 1.29 is 9.59 Å². The molecule has 0 bridgehead atoms. The molecule has 4 nitrogen and oxygen atoms in total. The third-order valence-electron chi connectivity index (χ3n) is 5.79. The molecule has 2 N–H and O–H groups in total. The minimum absolute atomic E-state index is 0.0704. The monoisotopic (exact) mass is 446 g/mol. The van der Waals surface area contributed by atoms with Gasteiger partial charge >= 0.3 is 0 Å². The Morgan fingerprint density at radius 2 is 1.59 bits per heavy atom. The Hall–Kier alpha value is -2.95. The van der Waals surface area contributed by atoms with Gasteiger partial charge in [-0.1, -0.05) is 80.9 Å². The molecule has 1 fully saturated rings. The molecule has 4 rings (SSSR count). The maximum Gasteiger partial charge on any atom is 0.257 e. The highest BCUT2D eigenvalue weighted by Crippen LogP contribution is 2.26. The van der Waals surface area contributed by atoms with Crippen molar-refractivity contribution in [3.63, 3.8) is 0 Å². The van der Waals surface area contributed by atoms with Gasteiger partial charge in [-0.15, -0.1) is 0 Å². The van der Waals surface area contributed by atoms with E-state index in [1.807, 2.05) is 48.5 Å². The molecule has 0 saturated carbocycles. The molecule has 0 aromatic heterocycles. The van der Waals surface area contributed by atoms with Crippen molar-refractivity contribution in [3.05, 3.63) is 100 Å². The predicted octanol–water partition coefficient (Wildman–Crippen LogP) is 5.66. The number of halogens is 1. The average Bonchev–Trinajstić information content (AvgIpc) is 3.53. The number of amides is 1. The quantitative estimate of drug-likeness (QED) is 0.379. The van der Waals surface area contributed by atoms with E-state index in [2.05, 4.69) is 31.4 Å². The summed E-state index contributed by atoms with van der Waals surface area (Å²) in [5.41, 5.74) is 4.29. The summed E-state index contributed by atoms with van der Waals surface area (Å²) in [5, 5.41) is 6.59. The lowest BCUT2D eigenvalue weighted by atomic mass is 9.86. The highest BCUT2D eigenvalue weighted by Gasteiger charge is 2.42. The standard InChI is InChI=1S/C27H27ClN2O2/c1-27(2,3)19-12-10-18(11-13-19)25(31)24-23(30-24)16-17-8-14-20(15-9-17)29-26(32)21-6-4-5-7-22(21)28/h4-15,23-24,30H,16H2,1-3H3,(H,29,32). The first-order chi connectivity index (χ1) is 15.2. The Labute approximate surface area is 194 Å². The van der Waals surface area contributed by atoms with Crippen molar-refractivity contribution in [2.45, 2.75) is 44.7 Å². The van der Waals surface area contributed by atoms with Crippen molar-refractivity contribution in [2.24, 2.45) is 0 Å². The van der Waals surface area contributed by atoms with Crippen LogP contribution in [0, 0.1) is 0 Å². The van der Waals surface area contributed by atoms with Gasteiger partial charge in [-0.2, -0.15) is 0 Å². The van der Waals surface area contributed by atoms with Gasteiger partial charge in [0.25, 0.3) is 5.91 Å². The van der Waals surface area contributed by atoms with E-state index >= 15 is 0 Å². The zero-order valence-corrected chi connectivity index (χ0v) is 19.2. The van der Waals surface area contributed by atoms with Crippen molar-refractivity contribution >= 4 is 29.0 Å². The minimum Gasteiger partial charge on any atom is -0.322 e. The SMILES string of the molecule is CC(C)(C)c1ccc(C(=O)C2NC2Cc2ccc(NC(=O)c3ccccc3Cl)cc2)cc1. The van der Waals surface area contributed by atoms with E-state index in [0.29, 0.717) is 16.3 Å². The van der Waals surface area contributed by atoms with Crippen LogP contribution in [0.15, 0.2) is 72.8 Å². The van der Waals surface area contributed by atoms with E-state index < -0.39 is 0 Å². The first-order valence-electron chi connectivity index (χ1n) is 10.8. The van der Waals surface area contributed by atoms with Crippen LogP contribution in [0.3, 0.4) is 0 Å². The van der Waals surface area contributed by atoms with Crippen LogP contribution in [0.1, 0.15) is 52.6 Å². The lowest BCUT2D eigenvalue weighted by Crippen LogP contribution is -2.14. The Morgan fingerprint density at radius 3 is 2.22 bits per heavy atom. The fourth-order valence-corrected chi connectivity index (χ4v) is 3.97. The number of nitrogens with one attached hydrogen (secondary N) is 2. The number of carbonyl (C=O) groups excluding carboxylic acids is 2. The molecular weight excluding hydrogens is 420 g/mol. The third-order valence-corrected chi connectivity index (χ3v) is 6.12. The first-order valence-corrected chi connectivity index (χ1v) is 11.2. The number of Topliss-reactive ketones (excluding diaryl/α,β-unsaturated/α-hetero) is 1. The molecule has 1 heterocycles. The van der Waals surface area contributed by atoms with E-state index in [9.17, 15) is 9.59 Å². The molecule has 3 aromatic carbocycles. The molecule has 5 heteroatoms. The van der Waals surface area contributed by atoms with Gasteiger partial charge in [0.05, 0.1) is 16.6 Å². The Balaban J connectivity index is 1.32. The average molecular weight is 447 g/mol. The molecular formula is C27H27ClN2O2. The molecule has 0 radical (unpaired) electrons.